The van der Waals surface area contributed by atoms with Crippen LogP contribution >= 0.6 is 15.9 Å². The summed E-state index contributed by atoms with van der Waals surface area (Å²) in [5, 5.41) is 8.42. The van der Waals surface area contributed by atoms with Gasteiger partial charge < -0.3 is 5.11 Å². The third-order valence-electron chi connectivity index (χ3n) is 1.96. The van der Waals surface area contributed by atoms with Crippen molar-refractivity contribution in [1.82, 2.24) is 0 Å². The van der Waals surface area contributed by atoms with E-state index in [0.29, 0.717) is 12.0 Å². The maximum atomic E-state index is 11.5. The number of rotatable bonds is 5. The average Bonchev–Trinajstić information content (AvgIpc) is 2.32. The van der Waals surface area contributed by atoms with Crippen molar-refractivity contribution in [3.8, 4) is 0 Å². The number of carboxylic acids is 1. The monoisotopic (exact) mass is 300 g/mol. The van der Waals surface area contributed by atoms with Gasteiger partial charge in [-0.2, -0.15) is 0 Å². The van der Waals surface area contributed by atoms with Gasteiger partial charge in [0.15, 0.2) is 5.78 Å². The lowest BCUT2D eigenvalue weighted by Gasteiger charge is -1.99. The van der Waals surface area contributed by atoms with Crippen molar-refractivity contribution in [1.29, 1.82) is 0 Å². The highest BCUT2D eigenvalue weighted by atomic mass is 79.9. The van der Waals surface area contributed by atoms with Gasteiger partial charge in [0.05, 0.1) is 0 Å². The molecular weight excluding hydrogens is 284 g/mol. The number of carboxylic acid groups (broad SMARTS) is 1. The lowest BCUT2D eigenvalue weighted by atomic mass is 10.1. The Bertz CT molecular complexity index is 357. The molecule has 4 heteroatoms. The van der Waals surface area contributed by atoms with Crippen LogP contribution in [0.1, 0.15) is 43.5 Å². The molecule has 0 bridgehead atoms. The van der Waals surface area contributed by atoms with Crippen molar-refractivity contribution in [2.45, 2.75) is 33.1 Å². The molecule has 0 unspecified atom stereocenters. The normalized spacial score (nSPS) is 9.12. The van der Waals surface area contributed by atoms with E-state index in [1.165, 1.54) is 0 Å². The van der Waals surface area contributed by atoms with E-state index in [1.54, 1.807) is 24.3 Å². The van der Waals surface area contributed by atoms with Crippen molar-refractivity contribution in [2.75, 3.05) is 0 Å². The summed E-state index contributed by atoms with van der Waals surface area (Å²) in [6.07, 6.45) is 0.723. The van der Waals surface area contributed by atoms with Crippen molar-refractivity contribution in [3.63, 3.8) is 0 Å². The van der Waals surface area contributed by atoms with Crippen LogP contribution in [0, 0.1) is 0 Å². The topological polar surface area (TPSA) is 54.4 Å². The van der Waals surface area contributed by atoms with Crippen LogP contribution in [0.3, 0.4) is 0 Å². The Hall–Kier alpha value is -1.16. The number of benzene rings is 1. The molecule has 0 amide bonds. The first-order valence-electron chi connectivity index (χ1n) is 5.60. The molecular formula is C13H17BrO3. The molecule has 1 N–H and O–H groups in total. The van der Waals surface area contributed by atoms with E-state index in [0.717, 1.165) is 4.47 Å². The maximum absolute atomic E-state index is 11.5. The fourth-order valence-electron chi connectivity index (χ4n) is 1.18. The number of ketones is 1. The second kappa shape index (κ2) is 8.93. The van der Waals surface area contributed by atoms with Gasteiger partial charge in [-0.25, -0.2) is 0 Å². The second-order valence-corrected chi connectivity index (χ2v) is 4.09. The highest BCUT2D eigenvalue weighted by molar-refractivity contribution is 9.10. The van der Waals surface area contributed by atoms with E-state index in [4.69, 9.17) is 5.11 Å². The second-order valence-electron chi connectivity index (χ2n) is 3.18. The number of hydrogen-bond donors (Lipinski definition) is 1. The van der Waals surface area contributed by atoms with Crippen LogP contribution in [0.15, 0.2) is 28.7 Å². The first-order chi connectivity index (χ1) is 8.09. The average molecular weight is 301 g/mol. The van der Waals surface area contributed by atoms with E-state index in [1.807, 2.05) is 13.8 Å². The van der Waals surface area contributed by atoms with Crippen molar-refractivity contribution in [2.24, 2.45) is 0 Å². The molecule has 0 aliphatic heterocycles. The van der Waals surface area contributed by atoms with Crippen molar-refractivity contribution < 1.29 is 14.7 Å². The largest absolute Gasteiger partial charge is 0.481 e. The number of carbonyl (C=O) groups is 2. The minimum Gasteiger partial charge on any atom is -0.481 e. The highest BCUT2D eigenvalue weighted by Gasteiger charge is 2.06. The van der Waals surface area contributed by atoms with Gasteiger partial charge in [0.2, 0.25) is 0 Å². The number of hydrogen-bond acceptors (Lipinski definition) is 2. The van der Waals surface area contributed by atoms with Gasteiger partial charge in [-0.1, -0.05) is 41.9 Å². The predicted octanol–water partition coefficient (Wildman–Crippen LogP) is 3.91. The summed E-state index contributed by atoms with van der Waals surface area (Å²) in [6.45, 7) is 4.00. The molecule has 0 saturated carbocycles. The van der Waals surface area contributed by atoms with Crippen molar-refractivity contribution >= 4 is 27.7 Å². The molecule has 0 heterocycles. The summed E-state index contributed by atoms with van der Waals surface area (Å²) >= 11 is 3.28. The van der Waals surface area contributed by atoms with Gasteiger partial charge in [0.1, 0.15) is 0 Å². The van der Waals surface area contributed by atoms with Crippen LogP contribution in [-0.2, 0) is 4.79 Å². The molecule has 0 aliphatic carbocycles. The first kappa shape index (κ1) is 15.8. The summed E-state index contributed by atoms with van der Waals surface area (Å²) in [5.74, 6) is -0.873. The smallest absolute Gasteiger partial charge is 0.303 e. The van der Waals surface area contributed by atoms with Gasteiger partial charge in [-0.15, -0.1) is 0 Å². The van der Waals surface area contributed by atoms with Gasteiger partial charge in [-0.05, 0) is 18.6 Å². The Morgan fingerprint density at radius 1 is 1.12 bits per heavy atom. The fraction of sp³-hybridized carbons (Fsp3) is 0.385. The molecule has 0 fully saturated rings. The molecule has 0 aliphatic rings. The molecule has 0 saturated heterocycles. The maximum Gasteiger partial charge on any atom is 0.303 e. The summed E-state index contributed by atoms with van der Waals surface area (Å²) in [6, 6.07) is 7.05. The summed E-state index contributed by atoms with van der Waals surface area (Å²) in [5.41, 5.74) is 0.628. The van der Waals surface area contributed by atoms with E-state index in [9.17, 15) is 9.59 Å². The molecule has 1 aromatic rings. The van der Waals surface area contributed by atoms with Crippen LogP contribution in [0.25, 0.3) is 0 Å². The Morgan fingerprint density at radius 3 is 2.12 bits per heavy atom. The van der Waals surface area contributed by atoms with Crippen LogP contribution in [0.2, 0.25) is 0 Å². The standard InChI is InChI=1S/C11H11BrO3.C2H6/c12-9-6-4-8(5-7-9)10(13)2-1-3-11(14)15;1-2/h4-7H,1-3H2,(H,14,15);1-2H3. The Balaban J connectivity index is 0.00000121. The van der Waals surface area contributed by atoms with Crippen LogP contribution in [-0.4, -0.2) is 16.9 Å². The Morgan fingerprint density at radius 2 is 1.65 bits per heavy atom. The Labute approximate surface area is 110 Å². The zero-order valence-electron chi connectivity index (χ0n) is 10.1. The molecule has 17 heavy (non-hydrogen) atoms. The molecule has 3 nitrogen and oxygen atoms in total. The molecule has 0 spiro atoms. The Kier molecular flexibility index (Phi) is 8.32. The van der Waals surface area contributed by atoms with E-state index >= 15 is 0 Å². The van der Waals surface area contributed by atoms with Crippen LogP contribution in [0.5, 0.6) is 0 Å². The van der Waals surface area contributed by atoms with E-state index < -0.39 is 5.97 Å². The van der Waals surface area contributed by atoms with Gasteiger partial charge in [0, 0.05) is 22.9 Å². The van der Waals surface area contributed by atoms with Crippen LogP contribution < -0.4 is 0 Å². The number of halogens is 1. The zero-order chi connectivity index (χ0) is 13.3. The zero-order valence-corrected chi connectivity index (χ0v) is 11.7. The first-order valence-corrected chi connectivity index (χ1v) is 6.39. The van der Waals surface area contributed by atoms with E-state index in [-0.39, 0.29) is 18.6 Å². The molecule has 1 aromatic carbocycles. The lowest BCUT2D eigenvalue weighted by Crippen LogP contribution is -2.01. The molecule has 0 radical (unpaired) electrons. The quantitative estimate of drug-likeness (QED) is 0.839. The SMILES string of the molecule is CC.O=C(O)CCCC(=O)c1ccc(Br)cc1. The minimum absolute atomic E-state index is 0.0104. The molecule has 0 aromatic heterocycles. The van der Waals surface area contributed by atoms with Crippen molar-refractivity contribution in [3.05, 3.63) is 34.3 Å². The minimum atomic E-state index is -0.862. The molecule has 94 valence electrons. The lowest BCUT2D eigenvalue weighted by molar-refractivity contribution is -0.137. The summed E-state index contributed by atoms with van der Waals surface area (Å²) < 4.78 is 0.921. The number of Topliss-reactive ketones (excluding diaryl/α,β-unsaturated/α-hetero) is 1. The third-order valence-corrected chi connectivity index (χ3v) is 2.49. The third kappa shape index (κ3) is 6.89. The summed E-state index contributed by atoms with van der Waals surface area (Å²) in [7, 11) is 0. The van der Waals surface area contributed by atoms with Gasteiger partial charge in [-0.3, -0.25) is 9.59 Å². The number of aliphatic carboxylic acids is 1. The molecule has 1 rings (SSSR count). The fourth-order valence-corrected chi connectivity index (χ4v) is 1.44. The van der Waals surface area contributed by atoms with E-state index in [2.05, 4.69) is 15.9 Å². The summed E-state index contributed by atoms with van der Waals surface area (Å²) in [4.78, 5) is 21.8. The number of carbonyl (C=O) groups excluding carboxylic acids is 1. The van der Waals surface area contributed by atoms with Gasteiger partial charge in [0.25, 0.3) is 0 Å². The van der Waals surface area contributed by atoms with Gasteiger partial charge >= 0.3 is 5.97 Å². The van der Waals surface area contributed by atoms with Crippen LogP contribution in [0.4, 0.5) is 0 Å². The predicted molar refractivity (Wildman–Crippen MR) is 71.3 cm³/mol. The molecule has 0 atom stereocenters. The highest BCUT2D eigenvalue weighted by Crippen LogP contribution is 2.12.